The number of nitrogens with one attached hydrogen (secondary N) is 2. The van der Waals surface area contributed by atoms with E-state index in [1.807, 2.05) is 0 Å². The molecule has 2 atom stereocenters. The van der Waals surface area contributed by atoms with Crippen molar-refractivity contribution in [1.29, 1.82) is 0 Å². The van der Waals surface area contributed by atoms with E-state index in [-0.39, 0.29) is 5.91 Å². The molecular formula is C14H28N2O. The zero-order chi connectivity index (χ0) is 12.9. The first-order valence-corrected chi connectivity index (χ1v) is 6.94. The number of amides is 1. The maximum Gasteiger partial charge on any atom is 0.221 e. The van der Waals surface area contributed by atoms with Crippen LogP contribution < -0.4 is 10.6 Å². The van der Waals surface area contributed by atoms with Crippen molar-refractivity contribution in [1.82, 2.24) is 10.6 Å². The molecule has 0 radical (unpaired) electrons. The molecule has 1 fully saturated rings. The number of rotatable bonds is 6. The van der Waals surface area contributed by atoms with Gasteiger partial charge in [0.1, 0.15) is 0 Å². The van der Waals surface area contributed by atoms with Crippen LogP contribution in [0.1, 0.15) is 53.4 Å². The maximum absolute atomic E-state index is 11.4. The molecule has 1 rings (SSSR count). The fourth-order valence-electron chi connectivity index (χ4n) is 2.89. The van der Waals surface area contributed by atoms with E-state index < -0.39 is 0 Å². The molecule has 3 nitrogen and oxygen atoms in total. The van der Waals surface area contributed by atoms with Gasteiger partial charge in [-0.15, -0.1) is 0 Å². The topological polar surface area (TPSA) is 41.1 Å². The molecule has 0 heterocycles. The molecule has 2 unspecified atom stereocenters. The van der Waals surface area contributed by atoms with E-state index >= 15 is 0 Å². The van der Waals surface area contributed by atoms with Gasteiger partial charge in [-0.3, -0.25) is 4.79 Å². The van der Waals surface area contributed by atoms with Gasteiger partial charge in [0, 0.05) is 25.6 Å². The van der Waals surface area contributed by atoms with Crippen molar-refractivity contribution >= 4 is 5.91 Å². The van der Waals surface area contributed by atoms with Crippen molar-refractivity contribution < 1.29 is 4.79 Å². The highest BCUT2D eigenvalue weighted by molar-refractivity contribution is 5.75. The zero-order valence-electron chi connectivity index (χ0n) is 11.8. The third-order valence-electron chi connectivity index (χ3n) is 3.66. The smallest absolute Gasteiger partial charge is 0.221 e. The van der Waals surface area contributed by atoms with Crippen LogP contribution in [0.3, 0.4) is 0 Å². The molecule has 17 heavy (non-hydrogen) atoms. The minimum absolute atomic E-state index is 0.171. The van der Waals surface area contributed by atoms with E-state index in [0.717, 1.165) is 25.4 Å². The van der Waals surface area contributed by atoms with Crippen molar-refractivity contribution in [3.05, 3.63) is 0 Å². The second kappa shape index (κ2) is 6.39. The molecule has 0 aromatic rings. The monoisotopic (exact) mass is 240 g/mol. The third kappa shape index (κ3) is 5.07. The van der Waals surface area contributed by atoms with E-state index in [1.165, 1.54) is 12.8 Å². The van der Waals surface area contributed by atoms with Gasteiger partial charge in [-0.25, -0.2) is 0 Å². The Balaban J connectivity index is 2.17. The fraction of sp³-hybridized carbons (Fsp3) is 0.929. The number of hydrogen-bond acceptors (Lipinski definition) is 2. The Hall–Kier alpha value is -0.570. The molecule has 0 aliphatic heterocycles. The number of carbonyl (C=O) groups is 1. The van der Waals surface area contributed by atoms with E-state index in [0.29, 0.717) is 17.9 Å². The Bertz CT molecular complexity index is 251. The first-order chi connectivity index (χ1) is 7.94. The summed E-state index contributed by atoms with van der Waals surface area (Å²) in [6.45, 7) is 10.6. The Morgan fingerprint density at radius 2 is 2.00 bits per heavy atom. The quantitative estimate of drug-likeness (QED) is 0.748. The van der Waals surface area contributed by atoms with Crippen LogP contribution in [-0.4, -0.2) is 25.0 Å². The largest absolute Gasteiger partial charge is 0.356 e. The number of hydrogen-bond donors (Lipinski definition) is 2. The van der Waals surface area contributed by atoms with Crippen LogP contribution in [0.15, 0.2) is 0 Å². The van der Waals surface area contributed by atoms with Gasteiger partial charge in [-0.1, -0.05) is 27.7 Å². The van der Waals surface area contributed by atoms with Crippen LogP contribution in [-0.2, 0) is 4.79 Å². The molecule has 0 spiro atoms. The normalized spacial score (nSPS) is 27.1. The highest BCUT2D eigenvalue weighted by Gasteiger charge is 2.36. The van der Waals surface area contributed by atoms with Crippen molar-refractivity contribution in [2.45, 2.75) is 59.4 Å². The SMILES string of the molecule is CCCNC(=O)CCNC1CC(C)(C)CC1C. The van der Waals surface area contributed by atoms with Crippen LogP contribution in [0, 0.1) is 11.3 Å². The average Bonchev–Trinajstić information content (AvgIpc) is 2.49. The highest BCUT2D eigenvalue weighted by Crippen LogP contribution is 2.40. The van der Waals surface area contributed by atoms with Gasteiger partial charge in [0.2, 0.25) is 5.91 Å². The summed E-state index contributed by atoms with van der Waals surface area (Å²) in [4.78, 5) is 11.4. The number of carbonyl (C=O) groups excluding carboxylic acids is 1. The molecule has 0 saturated heterocycles. The van der Waals surface area contributed by atoms with Gasteiger partial charge >= 0.3 is 0 Å². The van der Waals surface area contributed by atoms with Gasteiger partial charge < -0.3 is 10.6 Å². The molecule has 1 saturated carbocycles. The molecular weight excluding hydrogens is 212 g/mol. The Labute approximate surface area is 106 Å². The van der Waals surface area contributed by atoms with Crippen molar-refractivity contribution in [3.63, 3.8) is 0 Å². The van der Waals surface area contributed by atoms with Crippen LogP contribution in [0.25, 0.3) is 0 Å². The lowest BCUT2D eigenvalue weighted by atomic mass is 9.91. The Kier molecular flexibility index (Phi) is 5.44. The summed E-state index contributed by atoms with van der Waals surface area (Å²) in [5.74, 6) is 0.896. The van der Waals surface area contributed by atoms with Gasteiger partial charge in [0.05, 0.1) is 0 Å². The van der Waals surface area contributed by atoms with Gasteiger partial charge in [-0.05, 0) is 30.6 Å². The Morgan fingerprint density at radius 3 is 2.53 bits per heavy atom. The second-order valence-electron chi connectivity index (χ2n) is 6.21. The first-order valence-electron chi connectivity index (χ1n) is 6.94. The summed E-state index contributed by atoms with van der Waals surface area (Å²) in [6, 6.07) is 0.587. The molecule has 2 N–H and O–H groups in total. The van der Waals surface area contributed by atoms with Crippen molar-refractivity contribution in [3.8, 4) is 0 Å². The third-order valence-corrected chi connectivity index (χ3v) is 3.66. The van der Waals surface area contributed by atoms with E-state index in [1.54, 1.807) is 0 Å². The minimum Gasteiger partial charge on any atom is -0.356 e. The lowest BCUT2D eigenvalue weighted by Crippen LogP contribution is -2.35. The first kappa shape index (κ1) is 14.5. The zero-order valence-corrected chi connectivity index (χ0v) is 11.8. The van der Waals surface area contributed by atoms with Crippen LogP contribution >= 0.6 is 0 Å². The summed E-state index contributed by atoms with van der Waals surface area (Å²) < 4.78 is 0. The summed E-state index contributed by atoms with van der Waals surface area (Å²) in [7, 11) is 0. The molecule has 3 heteroatoms. The summed E-state index contributed by atoms with van der Waals surface area (Å²) >= 11 is 0. The fourth-order valence-corrected chi connectivity index (χ4v) is 2.89. The lowest BCUT2D eigenvalue weighted by molar-refractivity contribution is -0.121. The van der Waals surface area contributed by atoms with Gasteiger partial charge in [0.25, 0.3) is 0 Å². The van der Waals surface area contributed by atoms with Crippen molar-refractivity contribution in [2.24, 2.45) is 11.3 Å². The van der Waals surface area contributed by atoms with E-state index in [9.17, 15) is 4.79 Å². The average molecular weight is 240 g/mol. The van der Waals surface area contributed by atoms with E-state index in [2.05, 4.69) is 38.3 Å². The molecule has 0 bridgehead atoms. The summed E-state index contributed by atoms with van der Waals surface area (Å²) in [5, 5.41) is 6.44. The molecule has 0 aromatic heterocycles. The molecule has 1 aliphatic rings. The highest BCUT2D eigenvalue weighted by atomic mass is 16.1. The molecule has 100 valence electrons. The molecule has 1 amide bonds. The summed E-state index contributed by atoms with van der Waals surface area (Å²) in [6.07, 6.45) is 4.12. The lowest BCUT2D eigenvalue weighted by Gasteiger charge is -2.18. The van der Waals surface area contributed by atoms with Crippen molar-refractivity contribution in [2.75, 3.05) is 13.1 Å². The van der Waals surface area contributed by atoms with Gasteiger partial charge in [0.15, 0.2) is 0 Å². The molecule has 0 aromatic carbocycles. The standard InChI is InChI=1S/C14H28N2O/c1-5-7-16-13(17)6-8-15-12-10-14(3,4)9-11(12)2/h11-12,15H,5-10H2,1-4H3,(H,16,17). The van der Waals surface area contributed by atoms with Crippen LogP contribution in [0.4, 0.5) is 0 Å². The second-order valence-corrected chi connectivity index (χ2v) is 6.21. The minimum atomic E-state index is 0.171. The van der Waals surface area contributed by atoms with Gasteiger partial charge in [-0.2, -0.15) is 0 Å². The summed E-state index contributed by atoms with van der Waals surface area (Å²) in [5.41, 5.74) is 0.460. The molecule has 1 aliphatic carbocycles. The predicted molar refractivity (Wildman–Crippen MR) is 71.9 cm³/mol. The maximum atomic E-state index is 11.4. The van der Waals surface area contributed by atoms with Crippen LogP contribution in [0.5, 0.6) is 0 Å². The van der Waals surface area contributed by atoms with E-state index in [4.69, 9.17) is 0 Å². The predicted octanol–water partition coefficient (Wildman–Crippen LogP) is 2.32. The Morgan fingerprint density at radius 1 is 1.29 bits per heavy atom. The van der Waals surface area contributed by atoms with Crippen LogP contribution in [0.2, 0.25) is 0 Å².